The second-order valence-corrected chi connectivity index (χ2v) is 8.49. The van der Waals surface area contributed by atoms with E-state index in [1.54, 1.807) is 0 Å². The van der Waals surface area contributed by atoms with Gasteiger partial charge in [0.25, 0.3) is 0 Å². The van der Waals surface area contributed by atoms with Crippen LogP contribution in [0.25, 0.3) is 0 Å². The van der Waals surface area contributed by atoms with E-state index in [1.165, 1.54) is 12.0 Å². The Balaban J connectivity index is 1.24. The molecule has 2 fully saturated rings. The molecule has 0 bridgehead atoms. The number of carbonyl (C=O) groups is 1. The lowest BCUT2D eigenvalue weighted by Gasteiger charge is -2.22. The van der Waals surface area contributed by atoms with Crippen molar-refractivity contribution in [3.05, 3.63) is 70.7 Å². The Bertz CT molecular complexity index is 794. The molecule has 2 unspecified atom stereocenters. The van der Waals surface area contributed by atoms with E-state index >= 15 is 0 Å². The van der Waals surface area contributed by atoms with E-state index in [2.05, 4.69) is 46.2 Å². The highest BCUT2D eigenvalue weighted by atomic mass is 35.5. The maximum absolute atomic E-state index is 13.0. The van der Waals surface area contributed by atoms with Crippen LogP contribution in [0.3, 0.4) is 0 Å². The number of hydrogen-bond acceptors (Lipinski definition) is 2. The van der Waals surface area contributed by atoms with E-state index < -0.39 is 0 Å². The van der Waals surface area contributed by atoms with Crippen molar-refractivity contribution < 1.29 is 4.79 Å². The number of rotatable bonds is 6. The maximum atomic E-state index is 13.0. The number of benzene rings is 2. The van der Waals surface area contributed by atoms with Crippen LogP contribution >= 0.6 is 11.6 Å². The van der Waals surface area contributed by atoms with Gasteiger partial charge in [-0.15, -0.1) is 0 Å². The summed E-state index contributed by atoms with van der Waals surface area (Å²) in [5.74, 6) is 0.770. The molecule has 1 saturated carbocycles. The van der Waals surface area contributed by atoms with E-state index in [0.29, 0.717) is 11.8 Å². The van der Waals surface area contributed by atoms with Crippen LogP contribution in [0.15, 0.2) is 54.6 Å². The molecule has 2 aliphatic rings. The third kappa shape index (κ3) is 4.76. The lowest BCUT2D eigenvalue weighted by molar-refractivity contribution is -0.132. The molecule has 3 nitrogen and oxygen atoms in total. The Kier molecular flexibility index (Phi) is 6.33. The van der Waals surface area contributed by atoms with Gasteiger partial charge >= 0.3 is 0 Å². The minimum absolute atomic E-state index is 0.129. The highest BCUT2D eigenvalue weighted by Crippen LogP contribution is 2.50. The molecule has 1 aliphatic carbocycles. The lowest BCUT2D eigenvalue weighted by atomic mass is 10.1. The molecule has 2 aromatic carbocycles. The van der Waals surface area contributed by atoms with Crippen LogP contribution in [-0.2, 0) is 11.2 Å². The monoisotopic (exact) mass is 396 g/mol. The number of amides is 1. The molecule has 4 rings (SSSR count). The molecule has 0 spiro atoms. The van der Waals surface area contributed by atoms with Crippen LogP contribution < -0.4 is 0 Å². The number of halogens is 1. The number of nitrogens with zero attached hydrogens (tertiary/aromatic N) is 2. The first-order valence-electron chi connectivity index (χ1n) is 10.5. The second kappa shape index (κ2) is 9.11. The van der Waals surface area contributed by atoms with E-state index in [1.807, 2.05) is 18.2 Å². The van der Waals surface area contributed by atoms with Gasteiger partial charge in [0.2, 0.25) is 5.91 Å². The first-order valence-corrected chi connectivity index (χ1v) is 10.9. The highest BCUT2D eigenvalue weighted by Gasteiger charge is 2.46. The normalized spacial score (nSPS) is 22.7. The fourth-order valence-corrected chi connectivity index (χ4v) is 4.66. The number of carbonyl (C=O) groups excluding carboxylic acids is 1. The van der Waals surface area contributed by atoms with Gasteiger partial charge in [0.1, 0.15) is 0 Å². The lowest BCUT2D eigenvalue weighted by Crippen LogP contribution is -2.36. The number of hydrogen-bond donors (Lipinski definition) is 0. The molecule has 1 amide bonds. The Labute approximate surface area is 173 Å². The van der Waals surface area contributed by atoms with Crippen molar-refractivity contribution in [3.8, 4) is 0 Å². The van der Waals surface area contributed by atoms with Gasteiger partial charge in [-0.05, 0) is 61.9 Å². The van der Waals surface area contributed by atoms with Gasteiger partial charge < -0.3 is 9.80 Å². The first kappa shape index (κ1) is 19.5. The molecule has 148 valence electrons. The van der Waals surface area contributed by atoms with E-state index in [4.69, 9.17) is 11.6 Å². The van der Waals surface area contributed by atoms with E-state index in [-0.39, 0.29) is 5.92 Å². The topological polar surface area (TPSA) is 23.6 Å². The largest absolute Gasteiger partial charge is 0.341 e. The van der Waals surface area contributed by atoms with Crippen molar-refractivity contribution in [1.82, 2.24) is 9.80 Å². The summed E-state index contributed by atoms with van der Waals surface area (Å²) in [5.41, 5.74) is 2.55. The standard InChI is InChI=1S/C24H29ClN2O/c25-23-12-5-4-11-20(23)21-18-22(21)24(28)27-15-7-14-26(16-17-27)13-6-10-19-8-2-1-3-9-19/h1-5,8-9,11-12,21-22H,6-7,10,13-18H2. The molecule has 28 heavy (non-hydrogen) atoms. The zero-order valence-corrected chi connectivity index (χ0v) is 17.2. The quantitative estimate of drug-likeness (QED) is 0.711. The van der Waals surface area contributed by atoms with Crippen molar-refractivity contribution in [2.75, 3.05) is 32.7 Å². The number of aryl methyl sites for hydroxylation is 1. The summed E-state index contributed by atoms with van der Waals surface area (Å²) in [6, 6.07) is 18.7. The molecule has 0 N–H and O–H groups in total. The third-order valence-corrected chi connectivity index (χ3v) is 6.44. The summed E-state index contributed by atoms with van der Waals surface area (Å²) >= 11 is 6.32. The van der Waals surface area contributed by atoms with Crippen LogP contribution in [-0.4, -0.2) is 48.4 Å². The molecule has 1 heterocycles. The van der Waals surface area contributed by atoms with Gasteiger partial charge in [0.15, 0.2) is 0 Å². The summed E-state index contributed by atoms with van der Waals surface area (Å²) in [7, 11) is 0. The maximum Gasteiger partial charge on any atom is 0.226 e. The van der Waals surface area contributed by atoms with Crippen LogP contribution in [0.4, 0.5) is 0 Å². The Morgan fingerprint density at radius 3 is 2.57 bits per heavy atom. The van der Waals surface area contributed by atoms with Crippen molar-refractivity contribution >= 4 is 17.5 Å². The highest BCUT2D eigenvalue weighted by molar-refractivity contribution is 6.31. The predicted molar refractivity (Wildman–Crippen MR) is 115 cm³/mol. The fraction of sp³-hybridized carbons (Fsp3) is 0.458. The minimum Gasteiger partial charge on any atom is -0.341 e. The van der Waals surface area contributed by atoms with Crippen LogP contribution in [0.1, 0.15) is 36.3 Å². The summed E-state index contributed by atoms with van der Waals surface area (Å²) in [6.45, 7) is 4.94. The zero-order valence-electron chi connectivity index (χ0n) is 16.4. The molecule has 2 aromatic rings. The average molecular weight is 397 g/mol. The van der Waals surface area contributed by atoms with Crippen LogP contribution in [0, 0.1) is 5.92 Å². The molecular formula is C24H29ClN2O. The van der Waals surface area contributed by atoms with Crippen molar-refractivity contribution in [1.29, 1.82) is 0 Å². The second-order valence-electron chi connectivity index (χ2n) is 8.08. The minimum atomic E-state index is 0.129. The van der Waals surface area contributed by atoms with Crippen LogP contribution in [0.2, 0.25) is 5.02 Å². The molecule has 0 radical (unpaired) electrons. The Hall–Kier alpha value is -1.84. The molecule has 2 atom stereocenters. The van der Waals surface area contributed by atoms with Crippen molar-refractivity contribution in [2.45, 2.75) is 31.6 Å². The summed E-state index contributed by atoms with van der Waals surface area (Å²) in [4.78, 5) is 17.6. The summed E-state index contributed by atoms with van der Waals surface area (Å²) < 4.78 is 0. The molecule has 1 aliphatic heterocycles. The van der Waals surface area contributed by atoms with Gasteiger partial charge in [-0.3, -0.25) is 4.79 Å². The SMILES string of the molecule is O=C(C1CC1c1ccccc1Cl)N1CCCN(CCCc2ccccc2)CC1. The zero-order chi connectivity index (χ0) is 19.3. The van der Waals surface area contributed by atoms with Gasteiger partial charge in [-0.25, -0.2) is 0 Å². The molecule has 1 saturated heterocycles. The van der Waals surface area contributed by atoms with Gasteiger partial charge in [-0.1, -0.05) is 60.1 Å². The molecule has 0 aromatic heterocycles. The van der Waals surface area contributed by atoms with Gasteiger partial charge in [0, 0.05) is 30.6 Å². The van der Waals surface area contributed by atoms with Crippen molar-refractivity contribution in [3.63, 3.8) is 0 Å². The predicted octanol–water partition coefficient (Wildman–Crippen LogP) is 4.61. The summed E-state index contributed by atoms with van der Waals surface area (Å²) in [6.07, 6.45) is 4.32. The van der Waals surface area contributed by atoms with E-state index in [9.17, 15) is 4.79 Å². The van der Waals surface area contributed by atoms with Crippen LogP contribution in [0.5, 0.6) is 0 Å². The van der Waals surface area contributed by atoms with Crippen molar-refractivity contribution in [2.24, 2.45) is 5.92 Å². The smallest absolute Gasteiger partial charge is 0.226 e. The Morgan fingerprint density at radius 1 is 0.964 bits per heavy atom. The summed E-state index contributed by atoms with van der Waals surface area (Å²) in [5, 5.41) is 0.795. The van der Waals surface area contributed by atoms with E-state index in [0.717, 1.165) is 62.6 Å². The molecular weight excluding hydrogens is 368 g/mol. The molecule has 4 heteroatoms. The van der Waals surface area contributed by atoms with Gasteiger partial charge in [-0.2, -0.15) is 0 Å². The third-order valence-electron chi connectivity index (χ3n) is 6.10. The fourth-order valence-electron chi connectivity index (χ4n) is 4.39. The Morgan fingerprint density at radius 2 is 1.75 bits per heavy atom. The van der Waals surface area contributed by atoms with Gasteiger partial charge in [0.05, 0.1) is 0 Å². The first-order chi connectivity index (χ1) is 13.7. The average Bonchev–Trinajstić information content (AvgIpc) is 3.53.